The number of hydrogen-bond donors (Lipinski definition) is 0. The van der Waals surface area contributed by atoms with Crippen LogP contribution in [0.25, 0.3) is 11.3 Å². The molecule has 3 rings (SSSR count). The minimum absolute atomic E-state index is 0.396. The van der Waals surface area contributed by atoms with Crippen molar-refractivity contribution in [2.24, 2.45) is 0 Å². The van der Waals surface area contributed by atoms with E-state index in [1.54, 1.807) is 6.92 Å². The molecule has 6 heteroatoms. The van der Waals surface area contributed by atoms with Gasteiger partial charge >= 0.3 is 0 Å². The highest BCUT2D eigenvalue weighted by atomic mass is 79.9. The Morgan fingerprint density at radius 2 is 2.10 bits per heavy atom. The van der Waals surface area contributed by atoms with Crippen LogP contribution >= 0.6 is 15.9 Å². The molecule has 0 spiro atoms. The molecule has 0 saturated heterocycles. The average molecular weight is 370 g/mol. The van der Waals surface area contributed by atoms with E-state index < -0.39 is 16.2 Å². The first-order chi connectivity index (χ1) is 9.83. The maximum absolute atomic E-state index is 11.2. The normalized spacial score (nSPS) is 14.8. The highest BCUT2D eigenvalue weighted by Gasteiger charge is 2.23. The van der Waals surface area contributed by atoms with E-state index in [9.17, 15) is 8.42 Å². The molecule has 1 atom stereocenters. The van der Waals surface area contributed by atoms with Crippen LogP contribution in [0.5, 0.6) is 0 Å². The lowest BCUT2D eigenvalue weighted by Crippen LogP contribution is -2.20. The largest absolute Gasteiger partial charge is 0.345 e. The lowest BCUT2D eigenvalue weighted by molar-refractivity contribution is 0.210. The van der Waals surface area contributed by atoms with Crippen LogP contribution in [0.15, 0.2) is 34.9 Å². The molecule has 0 unspecified atom stereocenters. The maximum Gasteiger partial charge on any atom is 0.264 e. The van der Waals surface area contributed by atoms with Gasteiger partial charge in [-0.1, -0.05) is 22.0 Å². The fraction of sp³-hybridized carbons (Fsp3) is 0.333. The summed E-state index contributed by atoms with van der Waals surface area (Å²) in [4.78, 5) is 0. The van der Waals surface area contributed by atoms with E-state index in [4.69, 9.17) is 4.18 Å². The molecule has 0 fully saturated rings. The average Bonchev–Trinajstić information content (AvgIpc) is 2.87. The highest BCUT2D eigenvalue weighted by Crippen LogP contribution is 2.38. The number of fused-ring (bicyclic) bond motifs is 3. The summed E-state index contributed by atoms with van der Waals surface area (Å²) in [5.41, 5.74) is 4.94. The zero-order valence-corrected chi connectivity index (χ0v) is 14.2. The van der Waals surface area contributed by atoms with Crippen LogP contribution < -0.4 is 0 Å². The molecule has 1 aliphatic rings. The Morgan fingerprint density at radius 1 is 1.33 bits per heavy atom. The van der Waals surface area contributed by atoms with Crippen LogP contribution in [-0.2, 0) is 27.3 Å². The number of hydrogen-bond acceptors (Lipinski definition) is 3. The molecule has 21 heavy (non-hydrogen) atoms. The van der Waals surface area contributed by atoms with Gasteiger partial charge in [0.05, 0.1) is 24.6 Å². The molecular weight excluding hydrogens is 354 g/mol. The summed E-state index contributed by atoms with van der Waals surface area (Å²) in [6.45, 7) is 2.28. The Morgan fingerprint density at radius 3 is 2.81 bits per heavy atom. The standard InChI is InChI=1S/C15H16BrNO3S/c1-10(20-21(2,18)19)9-17-6-5-12-7-11-3-4-13(16)8-14(11)15(12)17/h3-6,8,10H,7,9H2,1-2H3/t10-/m0/s1. The van der Waals surface area contributed by atoms with Crippen molar-refractivity contribution in [2.75, 3.05) is 6.26 Å². The first-order valence-electron chi connectivity index (χ1n) is 6.68. The van der Waals surface area contributed by atoms with E-state index in [0.29, 0.717) is 6.54 Å². The molecule has 1 aromatic carbocycles. The highest BCUT2D eigenvalue weighted by molar-refractivity contribution is 9.10. The third kappa shape index (κ3) is 3.07. The first-order valence-corrected chi connectivity index (χ1v) is 9.29. The zero-order chi connectivity index (χ0) is 15.2. The topological polar surface area (TPSA) is 48.3 Å². The van der Waals surface area contributed by atoms with E-state index >= 15 is 0 Å². The number of nitrogens with zero attached hydrogens (tertiary/aromatic N) is 1. The molecule has 4 nitrogen and oxygen atoms in total. The Bertz CT molecular complexity index is 795. The van der Waals surface area contributed by atoms with Gasteiger partial charge in [-0.05, 0) is 36.2 Å². The first kappa shape index (κ1) is 14.8. The Labute approximate surface area is 133 Å². The van der Waals surface area contributed by atoms with Crippen molar-refractivity contribution < 1.29 is 12.6 Å². The van der Waals surface area contributed by atoms with Crippen molar-refractivity contribution in [3.8, 4) is 11.3 Å². The molecule has 0 saturated carbocycles. The molecule has 0 radical (unpaired) electrons. The van der Waals surface area contributed by atoms with Gasteiger partial charge in [-0.2, -0.15) is 8.42 Å². The van der Waals surface area contributed by atoms with E-state index in [0.717, 1.165) is 22.8 Å². The molecule has 1 aliphatic carbocycles. The van der Waals surface area contributed by atoms with Gasteiger partial charge < -0.3 is 4.57 Å². The quantitative estimate of drug-likeness (QED) is 0.663. The predicted molar refractivity (Wildman–Crippen MR) is 85.8 cm³/mol. The number of benzene rings is 1. The third-order valence-electron chi connectivity index (χ3n) is 3.55. The van der Waals surface area contributed by atoms with Crippen molar-refractivity contribution >= 4 is 26.0 Å². The number of rotatable bonds is 4. The minimum atomic E-state index is -3.43. The number of halogens is 1. The molecule has 0 aliphatic heterocycles. The van der Waals surface area contributed by atoms with Crippen molar-refractivity contribution in [3.05, 3.63) is 46.1 Å². The fourth-order valence-electron chi connectivity index (χ4n) is 2.87. The lowest BCUT2D eigenvalue weighted by Gasteiger charge is -2.15. The van der Waals surface area contributed by atoms with Gasteiger partial charge in [-0.15, -0.1) is 0 Å². The van der Waals surface area contributed by atoms with E-state index in [2.05, 4.69) is 38.7 Å². The minimum Gasteiger partial charge on any atom is -0.345 e. The van der Waals surface area contributed by atoms with Crippen LogP contribution in [0, 0.1) is 0 Å². The fourth-order valence-corrected chi connectivity index (χ4v) is 3.89. The van der Waals surface area contributed by atoms with E-state index in [1.807, 2.05) is 12.3 Å². The van der Waals surface area contributed by atoms with Crippen molar-refractivity contribution in [3.63, 3.8) is 0 Å². The van der Waals surface area contributed by atoms with Gasteiger partial charge in [0.2, 0.25) is 0 Å². The predicted octanol–water partition coefficient (Wildman–Crippen LogP) is 3.19. The molecule has 0 amide bonds. The molecule has 1 aromatic heterocycles. The van der Waals surface area contributed by atoms with E-state index in [1.165, 1.54) is 16.7 Å². The third-order valence-corrected chi connectivity index (χ3v) is 4.72. The van der Waals surface area contributed by atoms with Gasteiger partial charge in [-0.3, -0.25) is 4.18 Å². The van der Waals surface area contributed by atoms with Gasteiger partial charge in [0.15, 0.2) is 0 Å². The van der Waals surface area contributed by atoms with Crippen molar-refractivity contribution in [2.45, 2.75) is 26.0 Å². The van der Waals surface area contributed by atoms with Crippen LogP contribution in [0.4, 0.5) is 0 Å². The van der Waals surface area contributed by atoms with Crippen molar-refractivity contribution in [1.29, 1.82) is 0 Å². The summed E-state index contributed by atoms with van der Waals surface area (Å²) < 4.78 is 30.6. The monoisotopic (exact) mass is 369 g/mol. The smallest absolute Gasteiger partial charge is 0.264 e. The summed E-state index contributed by atoms with van der Waals surface area (Å²) in [7, 11) is -3.43. The maximum atomic E-state index is 11.2. The van der Waals surface area contributed by atoms with Gasteiger partial charge in [0.1, 0.15) is 0 Å². The second kappa shape index (κ2) is 5.26. The van der Waals surface area contributed by atoms with E-state index in [-0.39, 0.29) is 0 Å². The van der Waals surface area contributed by atoms with Crippen LogP contribution in [-0.4, -0.2) is 25.3 Å². The van der Waals surface area contributed by atoms with Crippen molar-refractivity contribution in [1.82, 2.24) is 4.57 Å². The number of aromatic nitrogens is 1. The Kier molecular flexibility index (Phi) is 3.71. The molecule has 1 heterocycles. The SMILES string of the molecule is C[C@@H](Cn1ccc2c1-c1cc(Br)ccc1C2)OS(C)(=O)=O. The summed E-state index contributed by atoms with van der Waals surface area (Å²) in [6, 6.07) is 8.38. The second-order valence-electron chi connectivity index (χ2n) is 5.43. The zero-order valence-electron chi connectivity index (χ0n) is 11.8. The second-order valence-corrected chi connectivity index (χ2v) is 7.95. The summed E-state index contributed by atoms with van der Waals surface area (Å²) in [5.74, 6) is 0. The molecular formula is C15H16BrNO3S. The summed E-state index contributed by atoms with van der Waals surface area (Å²) in [6.07, 6.45) is 3.60. The van der Waals surface area contributed by atoms with Gasteiger partial charge in [0.25, 0.3) is 10.1 Å². The Balaban J connectivity index is 1.91. The lowest BCUT2D eigenvalue weighted by atomic mass is 10.1. The Hall–Kier alpha value is -1.11. The van der Waals surface area contributed by atoms with Crippen LogP contribution in [0.2, 0.25) is 0 Å². The van der Waals surface area contributed by atoms with Gasteiger partial charge in [0, 0.05) is 22.7 Å². The molecule has 0 N–H and O–H groups in total. The van der Waals surface area contributed by atoms with Crippen LogP contribution in [0.1, 0.15) is 18.1 Å². The van der Waals surface area contributed by atoms with Gasteiger partial charge in [-0.25, -0.2) is 0 Å². The summed E-state index contributed by atoms with van der Waals surface area (Å²) in [5, 5.41) is 0. The molecule has 2 aromatic rings. The molecule has 0 bridgehead atoms. The van der Waals surface area contributed by atoms with Crippen LogP contribution in [0.3, 0.4) is 0 Å². The molecule has 112 valence electrons. The summed E-state index contributed by atoms with van der Waals surface area (Å²) >= 11 is 3.51.